The summed E-state index contributed by atoms with van der Waals surface area (Å²) in [7, 11) is 1.86. The zero-order chi connectivity index (χ0) is 13.1. The van der Waals surface area contributed by atoms with Crippen molar-refractivity contribution in [3.05, 3.63) is 41.5 Å². The molecule has 0 radical (unpaired) electrons. The van der Waals surface area contributed by atoms with Crippen LogP contribution in [0.2, 0.25) is 0 Å². The lowest BCUT2D eigenvalue weighted by Gasteiger charge is -2.05. The summed E-state index contributed by atoms with van der Waals surface area (Å²) in [5.41, 5.74) is 8.73. The molecule has 2 N–H and O–H groups in total. The van der Waals surface area contributed by atoms with Crippen molar-refractivity contribution in [2.75, 3.05) is 0 Å². The Labute approximate surface area is 106 Å². The van der Waals surface area contributed by atoms with Crippen LogP contribution in [0.25, 0.3) is 11.1 Å². The number of hydrogen-bond acceptors (Lipinski definition) is 2. The van der Waals surface area contributed by atoms with Gasteiger partial charge in [-0.15, -0.1) is 0 Å². The first-order chi connectivity index (χ1) is 8.65. The highest BCUT2D eigenvalue weighted by atomic mass is 19.1. The molecule has 1 heterocycles. The Bertz CT molecular complexity index is 546. The van der Waals surface area contributed by atoms with Gasteiger partial charge in [0.1, 0.15) is 5.82 Å². The Morgan fingerprint density at radius 2 is 2.11 bits per heavy atom. The fraction of sp³-hybridized carbons (Fsp3) is 0.357. The summed E-state index contributed by atoms with van der Waals surface area (Å²) in [6.45, 7) is 2.44. The third-order valence-electron chi connectivity index (χ3n) is 2.95. The van der Waals surface area contributed by atoms with Crippen LogP contribution in [0.5, 0.6) is 0 Å². The number of aromatic nitrogens is 2. The van der Waals surface area contributed by atoms with Gasteiger partial charge in [-0.2, -0.15) is 5.10 Å². The Morgan fingerprint density at radius 3 is 2.72 bits per heavy atom. The normalized spacial score (nSPS) is 10.9. The van der Waals surface area contributed by atoms with Crippen molar-refractivity contribution in [1.82, 2.24) is 9.78 Å². The average molecular weight is 247 g/mol. The zero-order valence-electron chi connectivity index (χ0n) is 10.8. The largest absolute Gasteiger partial charge is 0.326 e. The first-order valence-corrected chi connectivity index (χ1v) is 6.17. The van der Waals surface area contributed by atoms with Crippen molar-refractivity contribution < 1.29 is 4.39 Å². The molecule has 0 atom stereocenters. The monoisotopic (exact) mass is 247 g/mol. The van der Waals surface area contributed by atoms with E-state index in [1.165, 1.54) is 6.07 Å². The Balaban J connectivity index is 2.47. The van der Waals surface area contributed by atoms with Gasteiger partial charge in [0.15, 0.2) is 0 Å². The molecule has 0 saturated heterocycles. The minimum atomic E-state index is -0.233. The van der Waals surface area contributed by atoms with Gasteiger partial charge in [0, 0.05) is 30.9 Å². The molecular weight excluding hydrogens is 229 g/mol. The maximum atomic E-state index is 14.1. The summed E-state index contributed by atoms with van der Waals surface area (Å²) in [6, 6.07) is 5.15. The second kappa shape index (κ2) is 5.31. The summed E-state index contributed by atoms with van der Waals surface area (Å²) in [6.07, 6.45) is 3.71. The van der Waals surface area contributed by atoms with Crippen molar-refractivity contribution >= 4 is 0 Å². The Kier molecular flexibility index (Phi) is 3.77. The average Bonchev–Trinajstić information content (AvgIpc) is 2.70. The fourth-order valence-electron chi connectivity index (χ4n) is 2.08. The molecule has 0 saturated carbocycles. The predicted molar refractivity (Wildman–Crippen MR) is 70.5 cm³/mol. The highest BCUT2D eigenvalue weighted by Crippen LogP contribution is 2.27. The molecule has 0 bridgehead atoms. The summed E-state index contributed by atoms with van der Waals surface area (Å²) >= 11 is 0. The molecule has 3 nitrogen and oxygen atoms in total. The number of aryl methyl sites for hydroxylation is 2. The van der Waals surface area contributed by atoms with Gasteiger partial charge in [-0.3, -0.25) is 4.68 Å². The van der Waals surface area contributed by atoms with E-state index in [4.69, 9.17) is 5.73 Å². The summed E-state index contributed by atoms with van der Waals surface area (Å²) < 4.78 is 15.8. The number of nitrogens with zero attached hydrogens (tertiary/aromatic N) is 2. The van der Waals surface area contributed by atoms with E-state index in [1.807, 2.05) is 19.3 Å². The predicted octanol–water partition coefficient (Wildman–Crippen LogP) is 2.64. The van der Waals surface area contributed by atoms with E-state index in [2.05, 4.69) is 12.0 Å². The van der Waals surface area contributed by atoms with Gasteiger partial charge in [0.25, 0.3) is 0 Å². The molecule has 1 aromatic heterocycles. The first-order valence-electron chi connectivity index (χ1n) is 6.17. The first kappa shape index (κ1) is 12.8. The minimum Gasteiger partial charge on any atom is -0.326 e. The van der Waals surface area contributed by atoms with Crippen LogP contribution in [0.3, 0.4) is 0 Å². The smallest absolute Gasteiger partial charge is 0.131 e. The maximum Gasteiger partial charge on any atom is 0.131 e. The van der Waals surface area contributed by atoms with Gasteiger partial charge in [0.05, 0.1) is 5.69 Å². The molecule has 4 heteroatoms. The third-order valence-corrected chi connectivity index (χ3v) is 2.95. The molecule has 96 valence electrons. The fourth-order valence-corrected chi connectivity index (χ4v) is 2.08. The van der Waals surface area contributed by atoms with Crippen LogP contribution in [0, 0.1) is 5.82 Å². The molecule has 0 aliphatic heterocycles. The van der Waals surface area contributed by atoms with Crippen LogP contribution in [0.15, 0.2) is 24.4 Å². The molecule has 1 aromatic carbocycles. The van der Waals surface area contributed by atoms with Gasteiger partial charge in [0.2, 0.25) is 0 Å². The highest BCUT2D eigenvalue weighted by Gasteiger charge is 2.13. The number of hydrogen-bond donors (Lipinski definition) is 1. The van der Waals surface area contributed by atoms with Crippen LogP contribution in [0.4, 0.5) is 4.39 Å². The molecule has 18 heavy (non-hydrogen) atoms. The Hall–Kier alpha value is -1.68. The standard InChI is InChI=1S/C14H18FN3/c1-3-4-14-12(9-18(2)17-14)11-6-5-10(8-16)7-13(11)15/h5-7,9H,3-4,8,16H2,1-2H3. The van der Waals surface area contributed by atoms with E-state index in [-0.39, 0.29) is 5.82 Å². The van der Waals surface area contributed by atoms with Gasteiger partial charge in [-0.25, -0.2) is 4.39 Å². The number of rotatable bonds is 4. The summed E-state index contributed by atoms with van der Waals surface area (Å²) in [5, 5.41) is 4.39. The van der Waals surface area contributed by atoms with Crippen LogP contribution < -0.4 is 5.73 Å². The van der Waals surface area contributed by atoms with Crippen molar-refractivity contribution in [3.8, 4) is 11.1 Å². The number of nitrogens with two attached hydrogens (primary N) is 1. The molecule has 0 spiro atoms. The van der Waals surface area contributed by atoms with Crippen LogP contribution >= 0.6 is 0 Å². The number of benzene rings is 1. The quantitative estimate of drug-likeness (QED) is 0.902. The van der Waals surface area contributed by atoms with Crippen molar-refractivity contribution in [3.63, 3.8) is 0 Å². The molecule has 0 unspecified atom stereocenters. The van der Waals surface area contributed by atoms with E-state index >= 15 is 0 Å². The summed E-state index contributed by atoms with van der Waals surface area (Å²) in [4.78, 5) is 0. The third kappa shape index (κ3) is 2.43. The topological polar surface area (TPSA) is 43.8 Å². The molecule has 0 aliphatic carbocycles. The van der Waals surface area contributed by atoms with Crippen molar-refractivity contribution in [2.24, 2.45) is 12.8 Å². The van der Waals surface area contributed by atoms with Crippen molar-refractivity contribution in [1.29, 1.82) is 0 Å². The maximum absolute atomic E-state index is 14.1. The number of halogens is 1. The molecule has 2 rings (SSSR count). The second-order valence-corrected chi connectivity index (χ2v) is 4.43. The van der Waals surface area contributed by atoms with Crippen LogP contribution in [-0.2, 0) is 20.0 Å². The Morgan fingerprint density at radius 1 is 1.33 bits per heavy atom. The van der Waals surface area contributed by atoms with Gasteiger partial charge in [-0.1, -0.05) is 25.5 Å². The van der Waals surface area contributed by atoms with E-state index in [9.17, 15) is 4.39 Å². The van der Waals surface area contributed by atoms with E-state index in [1.54, 1.807) is 10.7 Å². The van der Waals surface area contributed by atoms with Crippen LogP contribution in [-0.4, -0.2) is 9.78 Å². The van der Waals surface area contributed by atoms with Crippen molar-refractivity contribution in [2.45, 2.75) is 26.3 Å². The molecule has 2 aromatic rings. The SMILES string of the molecule is CCCc1nn(C)cc1-c1ccc(CN)cc1F. The van der Waals surface area contributed by atoms with Crippen LogP contribution in [0.1, 0.15) is 24.6 Å². The van der Waals surface area contributed by atoms with E-state index in [0.29, 0.717) is 12.1 Å². The second-order valence-electron chi connectivity index (χ2n) is 4.43. The van der Waals surface area contributed by atoms with Gasteiger partial charge >= 0.3 is 0 Å². The lowest BCUT2D eigenvalue weighted by atomic mass is 10.0. The van der Waals surface area contributed by atoms with E-state index in [0.717, 1.165) is 29.7 Å². The van der Waals surface area contributed by atoms with Gasteiger partial charge in [-0.05, 0) is 18.1 Å². The molecule has 0 aliphatic rings. The van der Waals surface area contributed by atoms with E-state index < -0.39 is 0 Å². The minimum absolute atomic E-state index is 0.233. The lowest BCUT2D eigenvalue weighted by Crippen LogP contribution is -1.98. The zero-order valence-corrected chi connectivity index (χ0v) is 10.8. The molecule has 0 amide bonds. The molecular formula is C14H18FN3. The summed E-state index contributed by atoms with van der Waals surface area (Å²) in [5.74, 6) is -0.233. The highest BCUT2D eigenvalue weighted by molar-refractivity contribution is 5.66. The lowest BCUT2D eigenvalue weighted by molar-refractivity contribution is 0.628. The van der Waals surface area contributed by atoms with Gasteiger partial charge < -0.3 is 5.73 Å². The molecule has 0 fully saturated rings.